The van der Waals surface area contributed by atoms with Crippen molar-refractivity contribution in [1.29, 1.82) is 0 Å². The van der Waals surface area contributed by atoms with Crippen LogP contribution < -0.4 is 0 Å². The number of nitrogens with zero attached hydrogens (tertiary/aromatic N) is 2. The van der Waals surface area contributed by atoms with Crippen molar-refractivity contribution in [2.24, 2.45) is 0 Å². The molecule has 0 saturated carbocycles. The van der Waals surface area contributed by atoms with Crippen LogP contribution in [-0.2, 0) is 9.59 Å². The zero-order valence-electron chi connectivity index (χ0n) is 11.0. The molecule has 18 heavy (non-hydrogen) atoms. The molecule has 0 aromatic heterocycles. The fraction of sp³-hybridized carbons (Fsp3) is 0.538. The first kappa shape index (κ1) is 16.4. The molecule has 5 heteroatoms. The summed E-state index contributed by atoms with van der Waals surface area (Å²) in [4.78, 5) is 26.1. The van der Waals surface area contributed by atoms with E-state index in [0.717, 1.165) is 6.42 Å². The van der Waals surface area contributed by atoms with Gasteiger partial charge in [-0.25, -0.2) is 0 Å². The van der Waals surface area contributed by atoms with Crippen LogP contribution in [0.25, 0.3) is 0 Å². The molecule has 1 N–H and O–H groups in total. The highest BCUT2D eigenvalue weighted by molar-refractivity contribution is 5.88. The Morgan fingerprint density at radius 1 is 1.00 bits per heavy atom. The summed E-state index contributed by atoms with van der Waals surface area (Å²) in [5.41, 5.74) is 0. The van der Waals surface area contributed by atoms with Crippen LogP contribution in [0.3, 0.4) is 0 Å². The maximum absolute atomic E-state index is 11.5. The van der Waals surface area contributed by atoms with Gasteiger partial charge >= 0.3 is 0 Å². The topological polar surface area (TPSA) is 60.9 Å². The third kappa shape index (κ3) is 5.63. The third-order valence-electron chi connectivity index (χ3n) is 2.48. The minimum Gasteiger partial charge on any atom is -0.395 e. The second-order valence-corrected chi connectivity index (χ2v) is 3.78. The van der Waals surface area contributed by atoms with Gasteiger partial charge in [-0.2, -0.15) is 0 Å². The van der Waals surface area contributed by atoms with Crippen molar-refractivity contribution in [3.05, 3.63) is 25.3 Å². The van der Waals surface area contributed by atoms with E-state index >= 15 is 0 Å². The molecule has 0 unspecified atom stereocenters. The lowest BCUT2D eigenvalue weighted by molar-refractivity contribution is -0.130. The lowest BCUT2D eigenvalue weighted by Crippen LogP contribution is -2.41. The summed E-state index contributed by atoms with van der Waals surface area (Å²) in [7, 11) is 0. The number of carbonyl (C=O) groups is 2. The quantitative estimate of drug-likeness (QED) is 0.607. The van der Waals surface area contributed by atoms with E-state index in [1.807, 2.05) is 6.92 Å². The molecule has 0 heterocycles. The van der Waals surface area contributed by atoms with E-state index in [9.17, 15) is 9.59 Å². The van der Waals surface area contributed by atoms with Gasteiger partial charge in [-0.3, -0.25) is 9.59 Å². The molecular weight excluding hydrogens is 232 g/mol. The molecule has 0 spiro atoms. The predicted octanol–water partition coefficient (Wildman–Crippen LogP) is 0.418. The molecule has 0 saturated heterocycles. The van der Waals surface area contributed by atoms with E-state index in [1.165, 1.54) is 17.1 Å². The molecule has 0 radical (unpaired) electrons. The van der Waals surface area contributed by atoms with Gasteiger partial charge in [-0.15, -0.1) is 0 Å². The molecule has 0 fully saturated rings. The maximum Gasteiger partial charge on any atom is 0.246 e. The zero-order valence-corrected chi connectivity index (χ0v) is 11.0. The molecule has 0 aromatic rings. The second-order valence-electron chi connectivity index (χ2n) is 3.78. The van der Waals surface area contributed by atoms with Crippen LogP contribution in [0, 0.1) is 0 Å². The second kappa shape index (κ2) is 9.41. The Labute approximate surface area is 108 Å². The van der Waals surface area contributed by atoms with Crippen LogP contribution in [0.4, 0.5) is 0 Å². The van der Waals surface area contributed by atoms with Gasteiger partial charge in [0.2, 0.25) is 11.8 Å². The van der Waals surface area contributed by atoms with Crippen LogP contribution in [-0.4, -0.2) is 59.5 Å². The van der Waals surface area contributed by atoms with E-state index in [-0.39, 0.29) is 25.0 Å². The highest BCUT2D eigenvalue weighted by Crippen LogP contribution is 1.97. The van der Waals surface area contributed by atoms with Crippen molar-refractivity contribution in [3.63, 3.8) is 0 Å². The van der Waals surface area contributed by atoms with Gasteiger partial charge in [0.25, 0.3) is 0 Å². The number of aliphatic hydroxyl groups is 1. The summed E-state index contributed by atoms with van der Waals surface area (Å²) in [6, 6.07) is 0. The van der Waals surface area contributed by atoms with Gasteiger partial charge in [0.1, 0.15) is 0 Å². The third-order valence-corrected chi connectivity index (χ3v) is 2.48. The average Bonchev–Trinajstić information content (AvgIpc) is 2.40. The van der Waals surface area contributed by atoms with Crippen molar-refractivity contribution < 1.29 is 14.7 Å². The Bertz CT molecular complexity index is 273. The highest BCUT2D eigenvalue weighted by Gasteiger charge is 2.14. The van der Waals surface area contributed by atoms with Crippen molar-refractivity contribution in [3.8, 4) is 0 Å². The summed E-state index contributed by atoms with van der Waals surface area (Å²) in [5.74, 6) is -0.390. The number of aliphatic hydroxyl groups excluding tert-OH is 1. The minimum atomic E-state index is -0.244. The molecule has 102 valence electrons. The highest BCUT2D eigenvalue weighted by atomic mass is 16.3. The van der Waals surface area contributed by atoms with Crippen LogP contribution in [0.1, 0.15) is 13.3 Å². The van der Waals surface area contributed by atoms with Crippen molar-refractivity contribution in [2.45, 2.75) is 13.3 Å². The van der Waals surface area contributed by atoms with Crippen molar-refractivity contribution >= 4 is 11.8 Å². The number of hydrogen-bond acceptors (Lipinski definition) is 3. The van der Waals surface area contributed by atoms with Crippen LogP contribution in [0.2, 0.25) is 0 Å². The van der Waals surface area contributed by atoms with E-state index in [4.69, 9.17) is 5.11 Å². The van der Waals surface area contributed by atoms with Crippen LogP contribution >= 0.6 is 0 Å². The minimum absolute atomic E-state index is 0.108. The van der Waals surface area contributed by atoms with E-state index in [1.54, 1.807) is 4.90 Å². The predicted molar refractivity (Wildman–Crippen MR) is 70.9 cm³/mol. The summed E-state index contributed by atoms with van der Waals surface area (Å²) >= 11 is 0. The first-order chi connectivity index (χ1) is 8.60. The fourth-order valence-electron chi connectivity index (χ4n) is 1.55. The largest absolute Gasteiger partial charge is 0.395 e. The van der Waals surface area contributed by atoms with Gasteiger partial charge < -0.3 is 14.9 Å². The number of hydrogen-bond donors (Lipinski definition) is 1. The molecule has 0 aliphatic heterocycles. The lowest BCUT2D eigenvalue weighted by atomic mass is 10.3. The van der Waals surface area contributed by atoms with Gasteiger partial charge in [-0.05, 0) is 18.6 Å². The molecule has 0 aliphatic rings. The standard InChI is InChI=1S/C13H22N2O3/c1-4-7-14(12(17)5-2)8-9-15(10-11-16)13(18)6-3/h5-6,16H,2-4,7-11H2,1H3. The van der Waals surface area contributed by atoms with Crippen molar-refractivity contribution in [1.82, 2.24) is 9.80 Å². The van der Waals surface area contributed by atoms with E-state index in [2.05, 4.69) is 13.2 Å². The summed E-state index contributed by atoms with van der Waals surface area (Å²) in [5, 5.41) is 8.88. The Hall–Kier alpha value is -1.62. The van der Waals surface area contributed by atoms with Gasteiger partial charge in [-0.1, -0.05) is 20.1 Å². The lowest BCUT2D eigenvalue weighted by Gasteiger charge is -2.26. The smallest absolute Gasteiger partial charge is 0.246 e. The first-order valence-corrected chi connectivity index (χ1v) is 6.04. The first-order valence-electron chi connectivity index (χ1n) is 6.04. The Morgan fingerprint density at radius 3 is 1.78 bits per heavy atom. The van der Waals surface area contributed by atoms with Crippen LogP contribution in [0.15, 0.2) is 25.3 Å². The van der Waals surface area contributed by atoms with Gasteiger partial charge in [0, 0.05) is 26.2 Å². The fourth-order valence-corrected chi connectivity index (χ4v) is 1.55. The molecule has 0 bridgehead atoms. The molecule has 0 atom stereocenters. The van der Waals surface area contributed by atoms with E-state index < -0.39 is 0 Å². The molecule has 2 amide bonds. The SMILES string of the molecule is C=CC(=O)N(CCC)CCN(CCO)C(=O)C=C. The maximum atomic E-state index is 11.5. The molecule has 5 nitrogen and oxygen atoms in total. The molecule has 0 rings (SSSR count). The number of carbonyl (C=O) groups excluding carboxylic acids is 2. The summed E-state index contributed by atoms with van der Waals surface area (Å²) < 4.78 is 0. The molecule has 0 aliphatic carbocycles. The van der Waals surface area contributed by atoms with Crippen molar-refractivity contribution in [2.75, 3.05) is 32.8 Å². The number of rotatable bonds is 9. The number of amides is 2. The summed E-state index contributed by atoms with van der Waals surface area (Å²) in [6.07, 6.45) is 3.31. The van der Waals surface area contributed by atoms with Crippen LogP contribution in [0.5, 0.6) is 0 Å². The summed E-state index contributed by atoms with van der Waals surface area (Å²) in [6.45, 7) is 10.4. The molecule has 0 aromatic carbocycles. The monoisotopic (exact) mass is 254 g/mol. The Kier molecular flexibility index (Phi) is 8.57. The Morgan fingerprint density at radius 2 is 1.44 bits per heavy atom. The zero-order chi connectivity index (χ0) is 14.0. The molecular formula is C13H22N2O3. The van der Waals surface area contributed by atoms with Gasteiger partial charge in [0.15, 0.2) is 0 Å². The Balaban J connectivity index is 4.44. The average molecular weight is 254 g/mol. The van der Waals surface area contributed by atoms with Gasteiger partial charge in [0.05, 0.1) is 6.61 Å². The van der Waals surface area contributed by atoms with E-state index in [0.29, 0.717) is 19.6 Å². The normalized spacial score (nSPS) is 9.67.